The normalized spacial score (nSPS) is 10.2. The van der Waals surface area contributed by atoms with E-state index in [9.17, 15) is 4.79 Å². The van der Waals surface area contributed by atoms with Crippen LogP contribution in [-0.4, -0.2) is 11.1 Å². The molecule has 0 amide bonds. The molecule has 0 radical (unpaired) electrons. The monoisotopic (exact) mass is 256 g/mol. The number of aromatic nitrogens is 1. The highest BCUT2D eigenvalue weighted by molar-refractivity contribution is 9.10. The topological polar surface area (TPSA) is 48.0 Å². The van der Waals surface area contributed by atoms with Gasteiger partial charge in [-0.05, 0) is 34.5 Å². The van der Waals surface area contributed by atoms with Gasteiger partial charge in [-0.1, -0.05) is 6.58 Å². The third-order valence-electron chi connectivity index (χ3n) is 1.91. The number of hydrogen-bond acceptors (Lipinski definition) is 2. The standard InChI is InChI=1S/C10H13BrN2O/c1-7(4-12)5-13-6-9(11)3-8(2)10(13)14/h3,6H,1,4-5,12H2,2H3. The Morgan fingerprint density at radius 3 is 2.93 bits per heavy atom. The van der Waals surface area contributed by atoms with E-state index in [0.717, 1.165) is 10.0 Å². The van der Waals surface area contributed by atoms with Crippen LogP contribution in [0.15, 0.2) is 33.7 Å². The van der Waals surface area contributed by atoms with Gasteiger partial charge in [-0.3, -0.25) is 4.79 Å². The van der Waals surface area contributed by atoms with Crippen LogP contribution in [0.1, 0.15) is 5.56 Å². The summed E-state index contributed by atoms with van der Waals surface area (Å²) < 4.78 is 2.49. The summed E-state index contributed by atoms with van der Waals surface area (Å²) in [7, 11) is 0. The Hall–Kier alpha value is -0.870. The van der Waals surface area contributed by atoms with Gasteiger partial charge in [-0.15, -0.1) is 0 Å². The van der Waals surface area contributed by atoms with E-state index < -0.39 is 0 Å². The van der Waals surface area contributed by atoms with Gasteiger partial charge < -0.3 is 10.3 Å². The lowest BCUT2D eigenvalue weighted by atomic mass is 10.2. The summed E-state index contributed by atoms with van der Waals surface area (Å²) in [5.41, 5.74) is 6.97. The SMILES string of the molecule is C=C(CN)Cn1cc(Br)cc(C)c1=O. The fourth-order valence-electron chi connectivity index (χ4n) is 1.16. The molecule has 0 aromatic carbocycles. The van der Waals surface area contributed by atoms with Crippen molar-refractivity contribution in [1.29, 1.82) is 0 Å². The van der Waals surface area contributed by atoms with Gasteiger partial charge in [0.1, 0.15) is 0 Å². The van der Waals surface area contributed by atoms with Crippen molar-refractivity contribution in [1.82, 2.24) is 4.57 Å². The Morgan fingerprint density at radius 2 is 2.36 bits per heavy atom. The quantitative estimate of drug-likeness (QED) is 0.833. The summed E-state index contributed by atoms with van der Waals surface area (Å²) in [4.78, 5) is 11.6. The molecular formula is C10H13BrN2O. The van der Waals surface area contributed by atoms with Crippen LogP contribution >= 0.6 is 15.9 Å². The van der Waals surface area contributed by atoms with Gasteiger partial charge in [0.15, 0.2) is 0 Å². The van der Waals surface area contributed by atoms with E-state index in [4.69, 9.17) is 5.73 Å². The lowest BCUT2D eigenvalue weighted by molar-refractivity contribution is 0.727. The molecule has 0 saturated heterocycles. The predicted molar refractivity (Wildman–Crippen MR) is 61.3 cm³/mol. The molecule has 0 unspecified atom stereocenters. The summed E-state index contributed by atoms with van der Waals surface area (Å²) in [6.07, 6.45) is 1.75. The maximum absolute atomic E-state index is 11.6. The van der Waals surface area contributed by atoms with Gasteiger partial charge in [-0.25, -0.2) is 0 Å². The lowest BCUT2D eigenvalue weighted by Crippen LogP contribution is -2.23. The van der Waals surface area contributed by atoms with E-state index in [1.165, 1.54) is 0 Å². The minimum atomic E-state index is 0.00259. The second kappa shape index (κ2) is 4.57. The van der Waals surface area contributed by atoms with Gasteiger partial charge >= 0.3 is 0 Å². The fourth-order valence-corrected chi connectivity index (χ4v) is 1.75. The number of pyridine rings is 1. The Bertz CT molecular complexity index is 409. The van der Waals surface area contributed by atoms with Crippen LogP contribution in [0.5, 0.6) is 0 Å². The lowest BCUT2D eigenvalue weighted by Gasteiger charge is -2.08. The molecule has 0 bridgehead atoms. The van der Waals surface area contributed by atoms with E-state index in [1.54, 1.807) is 23.8 Å². The largest absolute Gasteiger partial charge is 0.327 e. The minimum Gasteiger partial charge on any atom is -0.327 e. The van der Waals surface area contributed by atoms with Crippen LogP contribution in [0.4, 0.5) is 0 Å². The number of halogens is 1. The van der Waals surface area contributed by atoms with Crippen LogP contribution in [-0.2, 0) is 6.54 Å². The van der Waals surface area contributed by atoms with Gasteiger partial charge in [-0.2, -0.15) is 0 Å². The molecule has 0 aliphatic rings. The molecule has 4 heteroatoms. The maximum atomic E-state index is 11.6. The van der Waals surface area contributed by atoms with E-state index >= 15 is 0 Å². The van der Waals surface area contributed by atoms with Crippen molar-refractivity contribution in [2.24, 2.45) is 5.73 Å². The molecule has 0 saturated carbocycles. The van der Waals surface area contributed by atoms with Crippen LogP contribution in [0.2, 0.25) is 0 Å². The molecule has 1 heterocycles. The number of rotatable bonds is 3. The molecule has 1 aromatic rings. The molecule has 0 atom stereocenters. The maximum Gasteiger partial charge on any atom is 0.253 e. The van der Waals surface area contributed by atoms with E-state index in [-0.39, 0.29) is 5.56 Å². The first-order valence-corrected chi connectivity index (χ1v) is 5.07. The zero-order chi connectivity index (χ0) is 10.7. The number of nitrogens with two attached hydrogens (primary N) is 1. The molecule has 1 rings (SSSR count). The first-order valence-electron chi connectivity index (χ1n) is 4.28. The molecule has 14 heavy (non-hydrogen) atoms. The van der Waals surface area contributed by atoms with Crippen molar-refractivity contribution in [2.75, 3.05) is 6.54 Å². The van der Waals surface area contributed by atoms with Gasteiger partial charge in [0.2, 0.25) is 0 Å². The molecule has 2 N–H and O–H groups in total. The molecule has 1 aromatic heterocycles. The summed E-state index contributed by atoms with van der Waals surface area (Å²) in [5.74, 6) is 0. The summed E-state index contributed by atoms with van der Waals surface area (Å²) in [6, 6.07) is 1.80. The summed E-state index contributed by atoms with van der Waals surface area (Å²) in [6.45, 7) is 6.44. The predicted octanol–water partition coefficient (Wildman–Crippen LogP) is 1.43. The van der Waals surface area contributed by atoms with E-state index in [2.05, 4.69) is 22.5 Å². The van der Waals surface area contributed by atoms with Crippen molar-refractivity contribution in [3.05, 3.63) is 44.8 Å². The summed E-state index contributed by atoms with van der Waals surface area (Å²) >= 11 is 3.34. The zero-order valence-electron chi connectivity index (χ0n) is 8.09. The number of aryl methyl sites for hydroxylation is 1. The smallest absolute Gasteiger partial charge is 0.253 e. The Balaban J connectivity index is 3.09. The molecule has 0 spiro atoms. The Labute approximate surface area is 91.4 Å². The first-order chi connectivity index (χ1) is 6.54. The molecule has 0 fully saturated rings. The number of hydrogen-bond donors (Lipinski definition) is 1. The highest BCUT2D eigenvalue weighted by atomic mass is 79.9. The first kappa shape index (κ1) is 11.2. The Kier molecular flexibility index (Phi) is 3.66. The minimum absolute atomic E-state index is 0.00259. The number of nitrogens with zero attached hydrogens (tertiary/aromatic N) is 1. The molecule has 76 valence electrons. The van der Waals surface area contributed by atoms with Gasteiger partial charge in [0.05, 0.1) is 0 Å². The second-order valence-corrected chi connectivity index (χ2v) is 4.14. The van der Waals surface area contributed by atoms with Crippen LogP contribution in [0.3, 0.4) is 0 Å². The second-order valence-electron chi connectivity index (χ2n) is 3.23. The van der Waals surface area contributed by atoms with Crippen LogP contribution in [0, 0.1) is 6.92 Å². The van der Waals surface area contributed by atoms with Gasteiger partial charge in [0, 0.05) is 29.3 Å². The van der Waals surface area contributed by atoms with Crippen molar-refractivity contribution in [3.63, 3.8) is 0 Å². The van der Waals surface area contributed by atoms with E-state index in [0.29, 0.717) is 18.7 Å². The van der Waals surface area contributed by atoms with Crippen molar-refractivity contribution in [3.8, 4) is 0 Å². The zero-order valence-corrected chi connectivity index (χ0v) is 9.67. The molecule has 3 nitrogen and oxygen atoms in total. The highest BCUT2D eigenvalue weighted by Crippen LogP contribution is 2.08. The molecule has 0 aliphatic heterocycles. The average Bonchev–Trinajstić information content (AvgIpc) is 2.13. The van der Waals surface area contributed by atoms with E-state index in [1.807, 2.05) is 0 Å². The van der Waals surface area contributed by atoms with Crippen molar-refractivity contribution < 1.29 is 0 Å². The molecule has 0 aliphatic carbocycles. The van der Waals surface area contributed by atoms with Crippen LogP contribution < -0.4 is 11.3 Å². The Morgan fingerprint density at radius 1 is 1.71 bits per heavy atom. The molecular weight excluding hydrogens is 244 g/mol. The van der Waals surface area contributed by atoms with Crippen molar-refractivity contribution in [2.45, 2.75) is 13.5 Å². The van der Waals surface area contributed by atoms with Crippen molar-refractivity contribution >= 4 is 15.9 Å². The third-order valence-corrected chi connectivity index (χ3v) is 2.35. The van der Waals surface area contributed by atoms with Crippen LogP contribution in [0.25, 0.3) is 0 Å². The highest BCUT2D eigenvalue weighted by Gasteiger charge is 2.02. The fraction of sp³-hybridized carbons (Fsp3) is 0.300. The summed E-state index contributed by atoms with van der Waals surface area (Å²) in [5, 5.41) is 0. The van der Waals surface area contributed by atoms with Gasteiger partial charge in [0.25, 0.3) is 5.56 Å². The average molecular weight is 257 g/mol. The third kappa shape index (κ3) is 2.56.